The molecular formula is C15H23BrN2O. The molecule has 2 rings (SSSR count). The molecule has 4 heteroatoms. The normalized spacial score (nSPS) is 23.5. The highest BCUT2D eigenvalue weighted by Gasteiger charge is 2.27. The quantitative estimate of drug-likeness (QED) is 0.917. The minimum atomic E-state index is 0.547. The summed E-state index contributed by atoms with van der Waals surface area (Å²) >= 11 is 3.68. The fraction of sp³-hybridized carbons (Fsp3) is 0.600. The van der Waals surface area contributed by atoms with Gasteiger partial charge in [0.05, 0.1) is 12.8 Å². The van der Waals surface area contributed by atoms with Crippen LogP contribution in [0.4, 0.5) is 5.69 Å². The van der Waals surface area contributed by atoms with E-state index in [0.717, 1.165) is 36.2 Å². The first kappa shape index (κ1) is 14.7. The lowest BCUT2D eigenvalue weighted by Gasteiger charge is -2.42. The second-order valence-corrected chi connectivity index (χ2v) is 5.90. The Kier molecular flexibility index (Phi) is 5.11. The molecule has 1 fully saturated rings. The minimum absolute atomic E-state index is 0.547. The third kappa shape index (κ3) is 3.23. The maximum absolute atomic E-state index is 5.36. The predicted molar refractivity (Wildman–Crippen MR) is 84.2 cm³/mol. The highest BCUT2D eigenvalue weighted by atomic mass is 79.9. The molecule has 106 valence electrons. The van der Waals surface area contributed by atoms with Gasteiger partial charge in [0.1, 0.15) is 5.75 Å². The minimum Gasteiger partial charge on any atom is -0.497 e. The first-order valence-electron chi connectivity index (χ1n) is 7.03. The molecule has 1 aromatic carbocycles. The van der Waals surface area contributed by atoms with Gasteiger partial charge in [0.2, 0.25) is 0 Å². The fourth-order valence-corrected chi connectivity index (χ4v) is 3.11. The molecule has 1 saturated heterocycles. The zero-order valence-electron chi connectivity index (χ0n) is 11.9. The van der Waals surface area contributed by atoms with E-state index in [4.69, 9.17) is 4.74 Å². The summed E-state index contributed by atoms with van der Waals surface area (Å²) in [6.07, 6.45) is 2.31. The van der Waals surface area contributed by atoms with Crippen molar-refractivity contribution in [2.45, 2.75) is 38.8 Å². The summed E-state index contributed by atoms with van der Waals surface area (Å²) < 4.78 is 6.50. The highest BCUT2D eigenvalue weighted by molar-refractivity contribution is 9.10. The average Bonchev–Trinajstić information content (AvgIpc) is 2.47. The van der Waals surface area contributed by atoms with Crippen molar-refractivity contribution < 1.29 is 4.74 Å². The van der Waals surface area contributed by atoms with E-state index >= 15 is 0 Å². The van der Waals surface area contributed by atoms with Gasteiger partial charge in [0.25, 0.3) is 0 Å². The van der Waals surface area contributed by atoms with Crippen LogP contribution in [-0.2, 0) is 0 Å². The monoisotopic (exact) mass is 326 g/mol. The van der Waals surface area contributed by atoms with Crippen molar-refractivity contribution in [1.29, 1.82) is 0 Å². The molecule has 0 radical (unpaired) electrons. The predicted octanol–water partition coefficient (Wildman–Crippen LogP) is 3.42. The molecule has 1 aliphatic heterocycles. The van der Waals surface area contributed by atoms with Crippen LogP contribution in [0.2, 0.25) is 0 Å². The number of ether oxygens (including phenoxy) is 1. The summed E-state index contributed by atoms with van der Waals surface area (Å²) in [6, 6.07) is 7.31. The Bertz CT molecular complexity index is 425. The summed E-state index contributed by atoms with van der Waals surface area (Å²) in [6.45, 7) is 6.60. The number of anilines is 1. The van der Waals surface area contributed by atoms with E-state index < -0.39 is 0 Å². The van der Waals surface area contributed by atoms with Crippen molar-refractivity contribution in [3.05, 3.63) is 22.7 Å². The van der Waals surface area contributed by atoms with Gasteiger partial charge in [-0.05, 0) is 40.9 Å². The second kappa shape index (κ2) is 6.62. The molecule has 0 spiro atoms. The molecular weight excluding hydrogens is 304 g/mol. The summed E-state index contributed by atoms with van der Waals surface area (Å²) in [5, 5.41) is 3.63. The number of halogens is 1. The Morgan fingerprint density at radius 1 is 1.37 bits per heavy atom. The molecule has 3 nitrogen and oxygen atoms in total. The van der Waals surface area contributed by atoms with Gasteiger partial charge in [0, 0.05) is 35.7 Å². The molecule has 0 amide bonds. The molecule has 2 unspecified atom stereocenters. The Morgan fingerprint density at radius 2 is 2.16 bits per heavy atom. The molecule has 1 aromatic rings. The number of hydrogen-bond acceptors (Lipinski definition) is 3. The lowest BCUT2D eigenvalue weighted by Crippen LogP contribution is -2.56. The van der Waals surface area contributed by atoms with Crippen LogP contribution in [-0.4, -0.2) is 32.3 Å². The van der Waals surface area contributed by atoms with Gasteiger partial charge < -0.3 is 15.0 Å². The number of benzene rings is 1. The second-order valence-electron chi connectivity index (χ2n) is 5.05. The van der Waals surface area contributed by atoms with Crippen molar-refractivity contribution >= 4 is 21.6 Å². The molecule has 0 aromatic heterocycles. The van der Waals surface area contributed by atoms with Crippen molar-refractivity contribution in [2.75, 3.05) is 25.1 Å². The van der Waals surface area contributed by atoms with E-state index in [9.17, 15) is 0 Å². The van der Waals surface area contributed by atoms with E-state index in [1.165, 1.54) is 5.69 Å². The van der Waals surface area contributed by atoms with Crippen LogP contribution >= 0.6 is 15.9 Å². The smallest absolute Gasteiger partial charge is 0.121 e. The van der Waals surface area contributed by atoms with E-state index in [1.54, 1.807) is 7.11 Å². The molecule has 1 heterocycles. The Balaban J connectivity index is 2.30. The molecule has 19 heavy (non-hydrogen) atoms. The maximum atomic E-state index is 5.36. The van der Waals surface area contributed by atoms with Gasteiger partial charge in [-0.1, -0.05) is 13.8 Å². The zero-order chi connectivity index (χ0) is 13.8. The number of hydrogen-bond donors (Lipinski definition) is 1. The molecule has 0 saturated carbocycles. The Hall–Kier alpha value is -0.740. The summed E-state index contributed by atoms with van der Waals surface area (Å²) in [5.41, 5.74) is 1.24. The molecule has 0 bridgehead atoms. The third-order valence-electron chi connectivity index (χ3n) is 3.93. The topological polar surface area (TPSA) is 24.5 Å². The van der Waals surface area contributed by atoms with Gasteiger partial charge in [-0.15, -0.1) is 0 Å². The standard InChI is InChI=1S/C15H23BrN2O/c1-4-11-10-18(12(5-2)9-17-11)15-8-13(19-3)6-7-14(15)16/h6-8,11-12,17H,4-5,9-10H2,1-3H3. The molecule has 0 aliphatic carbocycles. The lowest BCUT2D eigenvalue weighted by atomic mass is 10.0. The fourth-order valence-electron chi connectivity index (χ4n) is 2.64. The Morgan fingerprint density at radius 3 is 2.79 bits per heavy atom. The van der Waals surface area contributed by atoms with Crippen LogP contribution in [0.5, 0.6) is 5.75 Å². The van der Waals surface area contributed by atoms with Crippen molar-refractivity contribution in [1.82, 2.24) is 5.32 Å². The number of piperazine rings is 1. The van der Waals surface area contributed by atoms with Crippen molar-refractivity contribution in [3.8, 4) is 5.75 Å². The average molecular weight is 327 g/mol. The maximum Gasteiger partial charge on any atom is 0.121 e. The van der Waals surface area contributed by atoms with E-state index in [2.05, 4.69) is 52.1 Å². The van der Waals surface area contributed by atoms with Gasteiger partial charge >= 0.3 is 0 Å². The van der Waals surface area contributed by atoms with Gasteiger partial charge in [-0.25, -0.2) is 0 Å². The van der Waals surface area contributed by atoms with Crippen molar-refractivity contribution in [2.24, 2.45) is 0 Å². The molecule has 2 atom stereocenters. The van der Waals surface area contributed by atoms with Crippen LogP contribution in [0.15, 0.2) is 22.7 Å². The molecule has 1 aliphatic rings. The van der Waals surface area contributed by atoms with E-state index in [0.29, 0.717) is 12.1 Å². The number of nitrogens with one attached hydrogen (secondary N) is 1. The first-order chi connectivity index (χ1) is 9.19. The van der Waals surface area contributed by atoms with Gasteiger partial charge in [-0.3, -0.25) is 0 Å². The highest BCUT2D eigenvalue weighted by Crippen LogP contribution is 2.33. The van der Waals surface area contributed by atoms with Crippen LogP contribution in [0.1, 0.15) is 26.7 Å². The third-order valence-corrected chi connectivity index (χ3v) is 4.60. The number of nitrogens with zero attached hydrogens (tertiary/aromatic N) is 1. The first-order valence-corrected chi connectivity index (χ1v) is 7.82. The zero-order valence-corrected chi connectivity index (χ0v) is 13.5. The van der Waals surface area contributed by atoms with Gasteiger partial charge in [-0.2, -0.15) is 0 Å². The summed E-state index contributed by atoms with van der Waals surface area (Å²) in [4.78, 5) is 2.51. The molecule has 1 N–H and O–H groups in total. The Labute approximate surface area is 124 Å². The van der Waals surface area contributed by atoms with Crippen LogP contribution in [0, 0.1) is 0 Å². The number of methoxy groups -OCH3 is 1. The van der Waals surface area contributed by atoms with Crippen LogP contribution in [0.3, 0.4) is 0 Å². The van der Waals surface area contributed by atoms with Crippen LogP contribution < -0.4 is 15.0 Å². The van der Waals surface area contributed by atoms with Crippen LogP contribution in [0.25, 0.3) is 0 Å². The van der Waals surface area contributed by atoms with Crippen molar-refractivity contribution in [3.63, 3.8) is 0 Å². The SMILES string of the molecule is CCC1CN(c2cc(OC)ccc2Br)C(CC)CN1. The summed E-state index contributed by atoms with van der Waals surface area (Å²) in [5.74, 6) is 0.916. The summed E-state index contributed by atoms with van der Waals surface area (Å²) in [7, 11) is 1.72. The van der Waals surface area contributed by atoms with E-state index in [1.807, 2.05) is 6.07 Å². The number of rotatable bonds is 4. The largest absolute Gasteiger partial charge is 0.497 e. The van der Waals surface area contributed by atoms with Gasteiger partial charge in [0.15, 0.2) is 0 Å². The van der Waals surface area contributed by atoms with E-state index in [-0.39, 0.29) is 0 Å². The lowest BCUT2D eigenvalue weighted by molar-refractivity contribution is 0.377.